The van der Waals surface area contributed by atoms with Gasteiger partial charge in [0.25, 0.3) is 0 Å². The molecule has 0 radical (unpaired) electrons. The summed E-state index contributed by atoms with van der Waals surface area (Å²) in [6.07, 6.45) is 2.74. The summed E-state index contributed by atoms with van der Waals surface area (Å²) in [5.41, 5.74) is 8.24. The molecule has 1 aliphatic carbocycles. The fourth-order valence-electron chi connectivity index (χ4n) is 2.41. The minimum Gasteiger partial charge on any atom is -0.341 e. The van der Waals surface area contributed by atoms with Gasteiger partial charge in [-0.1, -0.05) is 31.2 Å². The van der Waals surface area contributed by atoms with Crippen LogP contribution in [0, 0.1) is 5.92 Å². The Balaban J connectivity index is 1.89. The van der Waals surface area contributed by atoms with Crippen LogP contribution in [0.15, 0.2) is 24.3 Å². The van der Waals surface area contributed by atoms with Crippen molar-refractivity contribution in [2.24, 2.45) is 11.7 Å². The van der Waals surface area contributed by atoms with Crippen LogP contribution in [0.1, 0.15) is 30.9 Å². The van der Waals surface area contributed by atoms with E-state index in [1.807, 2.05) is 11.9 Å². The lowest BCUT2D eigenvalue weighted by atomic mass is 9.80. The van der Waals surface area contributed by atoms with Gasteiger partial charge in [0, 0.05) is 25.6 Å². The molecule has 1 fully saturated rings. The van der Waals surface area contributed by atoms with Crippen molar-refractivity contribution in [2.45, 2.75) is 38.8 Å². The van der Waals surface area contributed by atoms with Gasteiger partial charge < -0.3 is 10.6 Å². The van der Waals surface area contributed by atoms with Gasteiger partial charge in [0.2, 0.25) is 5.91 Å². The van der Waals surface area contributed by atoms with Crippen molar-refractivity contribution >= 4 is 5.91 Å². The SMILES string of the molecule is CCc1ccc(CN(C)C(=O)C2CC(N)C2)cc1. The highest BCUT2D eigenvalue weighted by molar-refractivity contribution is 5.79. The Kier molecular flexibility index (Phi) is 4.02. The summed E-state index contributed by atoms with van der Waals surface area (Å²) in [4.78, 5) is 13.9. The molecule has 0 aliphatic heterocycles. The zero-order chi connectivity index (χ0) is 13.1. The summed E-state index contributed by atoms with van der Waals surface area (Å²) in [5.74, 6) is 0.385. The predicted molar refractivity (Wildman–Crippen MR) is 73.0 cm³/mol. The molecule has 1 saturated carbocycles. The Morgan fingerprint density at radius 3 is 2.33 bits per heavy atom. The number of amides is 1. The number of hydrogen-bond acceptors (Lipinski definition) is 2. The van der Waals surface area contributed by atoms with Crippen molar-refractivity contribution in [3.63, 3.8) is 0 Å². The van der Waals surface area contributed by atoms with Gasteiger partial charge in [-0.3, -0.25) is 4.79 Å². The molecule has 0 atom stereocenters. The number of aryl methyl sites for hydroxylation is 1. The first-order valence-electron chi connectivity index (χ1n) is 6.68. The maximum absolute atomic E-state index is 12.1. The molecule has 0 heterocycles. The van der Waals surface area contributed by atoms with E-state index >= 15 is 0 Å². The molecule has 0 unspecified atom stereocenters. The second kappa shape index (κ2) is 5.53. The van der Waals surface area contributed by atoms with Crippen molar-refractivity contribution in [1.29, 1.82) is 0 Å². The topological polar surface area (TPSA) is 46.3 Å². The lowest BCUT2D eigenvalue weighted by Crippen LogP contribution is -2.45. The lowest BCUT2D eigenvalue weighted by Gasteiger charge is -2.34. The molecule has 3 nitrogen and oxygen atoms in total. The summed E-state index contributed by atoms with van der Waals surface area (Å²) in [7, 11) is 1.87. The molecule has 1 amide bonds. The van der Waals surface area contributed by atoms with Crippen LogP contribution in [0.3, 0.4) is 0 Å². The lowest BCUT2D eigenvalue weighted by molar-refractivity contribution is -0.137. The van der Waals surface area contributed by atoms with Crippen LogP contribution in [0.4, 0.5) is 0 Å². The average Bonchev–Trinajstić information content (AvgIpc) is 2.35. The third-order valence-corrected chi connectivity index (χ3v) is 3.75. The monoisotopic (exact) mass is 246 g/mol. The van der Waals surface area contributed by atoms with E-state index in [2.05, 4.69) is 31.2 Å². The minimum atomic E-state index is 0.153. The predicted octanol–water partition coefficient (Wildman–Crippen LogP) is 1.94. The fraction of sp³-hybridized carbons (Fsp3) is 0.533. The maximum atomic E-state index is 12.1. The molecule has 0 bridgehead atoms. The largest absolute Gasteiger partial charge is 0.341 e. The molecule has 1 aliphatic rings. The van der Waals surface area contributed by atoms with E-state index in [0.29, 0.717) is 6.54 Å². The third-order valence-electron chi connectivity index (χ3n) is 3.75. The van der Waals surface area contributed by atoms with Crippen LogP contribution in [0.2, 0.25) is 0 Å². The zero-order valence-electron chi connectivity index (χ0n) is 11.2. The Labute approximate surface area is 109 Å². The van der Waals surface area contributed by atoms with E-state index in [1.165, 1.54) is 11.1 Å². The number of nitrogens with zero attached hydrogens (tertiary/aromatic N) is 1. The first kappa shape index (κ1) is 13.1. The van der Waals surface area contributed by atoms with Gasteiger partial charge in [-0.2, -0.15) is 0 Å². The van der Waals surface area contributed by atoms with Gasteiger partial charge >= 0.3 is 0 Å². The molecule has 2 rings (SSSR count). The van der Waals surface area contributed by atoms with Crippen LogP contribution in [-0.2, 0) is 17.8 Å². The number of rotatable bonds is 4. The molecule has 1 aromatic carbocycles. The summed E-state index contributed by atoms with van der Waals surface area (Å²) in [6.45, 7) is 2.83. The molecular weight excluding hydrogens is 224 g/mol. The molecule has 3 heteroatoms. The van der Waals surface area contributed by atoms with Crippen molar-refractivity contribution in [3.05, 3.63) is 35.4 Å². The number of carbonyl (C=O) groups is 1. The Morgan fingerprint density at radius 1 is 1.28 bits per heavy atom. The molecule has 18 heavy (non-hydrogen) atoms. The number of hydrogen-bond donors (Lipinski definition) is 1. The van der Waals surface area contributed by atoms with E-state index in [1.54, 1.807) is 0 Å². The van der Waals surface area contributed by atoms with E-state index in [0.717, 1.165) is 19.3 Å². The van der Waals surface area contributed by atoms with Crippen LogP contribution < -0.4 is 5.73 Å². The second-order valence-electron chi connectivity index (χ2n) is 5.29. The Morgan fingerprint density at radius 2 is 1.83 bits per heavy atom. The first-order valence-corrected chi connectivity index (χ1v) is 6.68. The summed E-state index contributed by atoms with van der Waals surface area (Å²) < 4.78 is 0. The van der Waals surface area contributed by atoms with E-state index in [-0.39, 0.29) is 17.9 Å². The average molecular weight is 246 g/mol. The second-order valence-corrected chi connectivity index (χ2v) is 5.29. The molecule has 98 valence electrons. The van der Waals surface area contributed by atoms with Gasteiger partial charge in [-0.05, 0) is 30.4 Å². The first-order chi connectivity index (χ1) is 8.60. The number of nitrogens with two attached hydrogens (primary N) is 1. The standard InChI is InChI=1S/C15H22N2O/c1-3-11-4-6-12(7-5-11)10-17(2)15(18)13-8-14(16)9-13/h4-7,13-14H,3,8-10,16H2,1-2H3. The van der Waals surface area contributed by atoms with Crippen molar-refractivity contribution < 1.29 is 4.79 Å². The quantitative estimate of drug-likeness (QED) is 0.882. The van der Waals surface area contributed by atoms with Crippen LogP contribution in [0.25, 0.3) is 0 Å². The Hall–Kier alpha value is -1.35. The van der Waals surface area contributed by atoms with Crippen LogP contribution >= 0.6 is 0 Å². The maximum Gasteiger partial charge on any atom is 0.225 e. The van der Waals surface area contributed by atoms with Gasteiger partial charge in [-0.25, -0.2) is 0 Å². The zero-order valence-corrected chi connectivity index (χ0v) is 11.2. The van der Waals surface area contributed by atoms with Crippen molar-refractivity contribution in [2.75, 3.05) is 7.05 Å². The smallest absolute Gasteiger partial charge is 0.225 e. The third kappa shape index (κ3) is 2.91. The molecule has 0 saturated heterocycles. The molecule has 0 spiro atoms. The van der Waals surface area contributed by atoms with Crippen molar-refractivity contribution in [1.82, 2.24) is 4.90 Å². The Bertz CT molecular complexity index is 407. The molecule has 0 aromatic heterocycles. The number of carbonyl (C=O) groups excluding carboxylic acids is 1. The van der Waals surface area contributed by atoms with Gasteiger partial charge in [0.15, 0.2) is 0 Å². The highest BCUT2D eigenvalue weighted by Gasteiger charge is 2.33. The van der Waals surface area contributed by atoms with E-state index in [4.69, 9.17) is 5.73 Å². The number of benzene rings is 1. The van der Waals surface area contributed by atoms with Crippen molar-refractivity contribution in [3.8, 4) is 0 Å². The van der Waals surface area contributed by atoms with Crippen LogP contribution in [0.5, 0.6) is 0 Å². The minimum absolute atomic E-state index is 0.153. The normalized spacial score (nSPS) is 22.4. The summed E-state index contributed by atoms with van der Waals surface area (Å²) in [5, 5.41) is 0. The van der Waals surface area contributed by atoms with E-state index < -0.39 is 0 Å². The van der Waals surface area contributed by atoms with Crippen LogP contribution in [-0.4, -0.2) is 23.9 Å². The van der Waals surface area contributed by atoms with Gasteiger partial charge in [0.1, 0.15) is 0 Å². The highest BCUT2D eigenvalue weighted by atomic mass is 16.2. The van der Waals surface area contributed by atoms with Gasteiger partial charge in [-0.15, -0.1) is 0 Å². The summed E-state index contributed by atoms with van der Waals surface area (Å²) >= 11 is 0. The molecule has 2 N–H and O–H groups in total. The highest BCUT2D eigenvalue weighted by Crippen LogP contribution is 2.27. The summed E-state index contributed by atoms with van der Waals surface area (Å²) in [6, 6.07) is 8.71. The molecular formula is C15H22N2O. The molecule has 1 aromatic rings. The van der Waals surface area contributed by atoms with E-state index in [9.17, 15) is 4.79 Å². The van der Waals surface area contributed by atoms with Gasteiger partial charge in [0.05, 0.1) is 0 Å². The fourth-order valence-corrected chi connectivity index (χ4v) is 2.41.